The van der Waals surface area contributed by atoms with Crippen LogP contribution >= 0.6 is 11.8 Å². The summed E-state index contributed by atoms with van der Waals surface area (Å²) in [7, 11) is 0. The predicted molar refractivity (Wildman–Crippen MR) is 77.5 cm³/mol. The topological polar surface area (TPSA) is 99.0 Å². The van der Waals surface area contributed by atoms with Crippen LogP contribution in [-0.2, 0) is 4.74 Å². The van der Waals surface area contributed by atoms with Gasteiger partial charge in [0, 0.05) is 6.54 Å². The van der Waals surface area contributed by atoms with E-state index in [9.17, 15) is 20.1 Å². The van der Waals surface area contributed by atoms with Crippen molar-refractivity contribution in [2.75, 3.05) is 6.54 Å². The van der Waals surface area contributed by atoms with Crippen LogP contribution < -0.4 is 5.32 Å². The normalized spacial score (nSPS) is 34.0. The molecule has 1 saturated heterocycles. The molecule has 0 aromatic carbocycles. The average Bonchev–Trinajstić information content (AvgIpc) is 2.42. The first-order valence-electron chi connectivity index (χ1n) is 7.11. The van der Waals surface area contributed by atoms with E-state index in [1.807, 2.05) is 0 Å². The van der Waals surface area contributed by atoms with Crippen molar-refractivity contribution in [3.8, 4) is 0 Å². The van der Waals surface area contributed by atoms with Crippen LogP contribution in [-0.4, -0.2) is 57.0 Å². The molecule has 0 aliphatic carbocycles. The Bertz CT molecular complexity index is 304. The standard InChI is InChI=1S/C13H25NO5S/c1-3-4-5-6-7-14-13(18)20-12-11(17)10(16)9(15)8(2)19-12/h8-12,15-17H,3-7H2,1-2H3,(H,14,18)/t8-,9-,10+,11+,12?/m0/s1. The Morgan fingerprint density at radius 3 is 2.50 bits per heavy atom. The van der Waals surface area contributed by atoms with Gasteiger partial charge in [0.2, 0.25) is 0 Å². The summed E-state index contributed by atoms with van der Waals surface area (Å²) >= 11 is 0.809. The van der Waals surface area contributed by atoms with Gasteiger partial charge < -0.3 is 25.4 Å². The van der Waals surface area contributed by atoms with Gasteiger partial charge in [-0.3, -0.25) is 4.79 Å². The van der Waals surface area contributed by atoms with Gasteiger partial charge in [-0.15, -0.1) is 0 Å². The number of rotatable bonds is 6. The summed E-state index contributed by atoms with van der Waals surface area (Å²) < 4.78 is 5.34. The molecule has 0 radical (unpaired) electrons. The molecule has 0 aromatic heterocycles. The maximum atomic E-state index is 11.7. The van der Waals surface area contributed by atoms with Gasteiger partial charge in [-0.1, -0.05) is 26.2 Å². The zero-order chi connectivity index (χ0) is 15.1. The first kappa shape index (κ1) is 17.7. The highest BCUT2D eigenvalue weighted by atomic mass is 32.2. The molecule has 1 rings (SSSR count). The largest absolute Gasteiger partial charge is 0.388 e. The predicted octanol–water partition coefficient (Wildman–Crippen LogP) is 0.837. The van der Waals surface area contributed by atoms with E-state index >= 15 is 0 Å². The van der Waals surface area contributed by atoms with Crippen molar-refractivity contribution in [3.05, 3.63) is 0 Å². The molecule has 5 atom stereocenters. The van der Waals surface area contributed by atoms with Crippen LogP contribution in [0.1, 0.15) is 39.5 Å². The van der Waals surface area contributed by atoms with Gasteiger partial charge in [-0.05, 0) is 25.1 Å². The molecule has 7 heteroatoms. The second-order valence-electron chi connectivity index (χ2n) is 5.07. The molecule has 4 N–H and O–H groups in total. The molecule has 1 unspecified atom stereocenters. The lowest BCUT2D eigenvalue weighted by atomic mass is 10.0. The third-order valence-electron chi connectivity index (χ3n) is 3.33. The molecule has 118 valence electrons. The highest BCUT2D eigenvalue weighted by Crippen LogP contribution is 2.28. The van der Waals surface area contributed by atoms with Crippen molar-refractivity contribution in [2.24, 2.45) is 0 Å². The van der Waals surface area contributed by atoms with Gasteiger partial charge in [0.1, 0.15) is 23.7 Å². The minimum atomic E-state index is -1.30. The van der Waals surface area contributed by atoms with E-state index in [0.29, 0.717) is 6.54 Å². The summed E-state index contributed by atoms with van der Waals surface area (Å²) in [5.41, 5.74) is -0.862. The maximum absolute atomic E-state index is 11.7. The van der Waals surface area contributed by atoms with Crippen LogP contribution in [0, 0.1) is 0 Å². The second kappa shape index (κ2) is 8.84. The summed E-state index contributed by atoms with van der Waals surface area (Å²) in [5.74, 6) is 0. The van der Waals surface area contributed by atoms with Crippen LogP contribution in [0.25, 0.3) is 0 Å². The lowest BCUT2D eigenvalue weighted by Gasteiger charge is -2.38. The number of aliphatic hydroxyl groups excluding tert-OH is 3. The number of carbonyl (C=O) groups excluding carboxylic acids is 1. The van der Waals surface area contributed by atoms with Crippen LogP contribution in [0.15, 0.2) is 0 Å². The Kier molecular flexibility index (Phi) is 7.83. The molecule has 1 aliphatic rings. The molecule has 1 fully saturated rings. The van der Waals surface area contributed by atoms with Gasteiger partial charge in [-0.25, -0.2) is 0 Å². The van der Waals surface area contributed by atoms with E-state index in [0.717, 1.165) is 37.4 Å². The van der Waals surface area contributed by atoms with Gasteiger partial charge in [0.25, 0.3) is 5.24 Å². The number of thioether (sulfide) groups is 1. The van der Waals surface area contributed by atoms with E-state index in [1.54, 1.807) is 6.92 Å². The zero-order valence-electron chi connectivity index (χ0n) is 12.0. The van der Waals surface area contributed by atoms with Crippen LogP contribution in [0.3, 0.4) is 0 Å². The Hall–Kier alpha value is -0.340. The monoisotopic (exact) mass is 307 g/mol. The summed E-state index contributed by atoms with van der Waals surface area (Å²) in [6.07, 6.45) is -0.0524. The molecule has 1 heterocycles. The van der Waals surface area contributed by atoms with Gasteiger partial charge >= 0.3 is 0 Å². The fourth-order valence-electron chi connectivity index (χ4n) is 2.00. The number of ether oxygens (including phenoxy) is 1. The quantitative estimate of drug-likeness (QED) is 0.543. The Morgan fingerprint density at radius 1 is 1.15 bits per heavy atom. The highest BCUT2D eigenvalue weighted by molar-refractivity contribution is 8.14. The Labute approximate surface area is 123 Å². The first-order valence-corrected chi connectivity index (χ1v) is 7.99. The minimum absolute atomic E-state index is 0.290. The summed E-state index contributed by atoms with van der Waals surface area (Å²) in [5, 5.41) is 31.4. The van der Waals surface area contributed by atoms with E-state index < -0.39 is 29.9 Å². The molecular weight excluding hydrogens is 282 g/mol. The van der Waals surface area contributed by atoms with Crippen molar-refractivity contribution in [3.63, 3.8) is 0 Å². The number of amides is 1. The van der Waals surface area contributed by atoms with Crippen LogP contribution in [0.5, 0.6) is 0 Å². The first-order chi connectivity index (χ1) is 9.47. The van der Waals surface area contributed by atoms with Crippen molar-refractivity contribution in [1.82, 2.24) is 5.32 Å². The van der Waals surface area contributed by atoms with Gasteiger partial charge in [-0.2, -0.15) is 0 Å². The fraction of sp³-hybridized carbons (Fsp3) is 0.923. The summed E-state index contributed by atoms with van der Waals surface area (Å²) in [6, 6.07) is 0. The summed E-state index contributed by atoms with van der Waals surface area (Å²) in [6.45, 7) is 4.31. The lowest BCUT2D eigenvalue weighted by molar-refractivity contribution is -0.192. The minimum Gasteiger partial charge on any atom is -0.388 e. The maximum Gasteiger partial charge on any atom is 0.281 e. The zero-order valence-corrected chi connectivity index (χ0v) is 12.8. The molecule has 0 bridgehead atoms. The van der Waals surface area contributed by atoms with E-state index in [1.165, 1.54) is 0 Å². The van der Waals surface area contributed by atoms with Crippen LogP contribution in [0.2, 0.25) is 0 Å². The lowest BCUT2D eigenvalue weighted by Crippen LogP contribution is -2.55. The van der Waals surface area contributed by atoms with Gasteiger partial charge in [0.05, 0.1) is 6.10 Å². The molecule has 1 amide bonds. The number of nitrogens with one attached hydrogen (secondary N) is 1. The van der Waals surface area contributed by atoms with Crippen LogP contribution in [0.4, 0.5) is 4.79 Å². The molecular formula is C13H25NO5S. The van der Waals surface area contributed by atoms with E-state index in [2.05, 4.69) is 12.2 Å². The SMILES string of the molecule is CCCCCCNC(=O)SC1O[C@@H](C)[C@H](O)[C@@H](O)[C@H]1O. The summed E-state index contributed by atoms with van der Waals surface area (Å²) in [4.78, 5) is 11.7. The smallest absolute Gasteiger partial charge is 0.281 e. The number of hydrogen-bond acceptors (Lipinski definition) is 6. The molecule has 0 saturated carbocycles. The Balaban J connectivity index is 2.30. The number of carbonyl (C=O) groups is 1. The third kappa shape index (κ3) is 5.21. The number of hydrogen-bond donors (Lipinski definition) is 4. The number of unbranched alkanes of at least 4 members (excludes halogenated alkanes) is 3. The Morgan fingerprint density at radius 2 is 1.85 bits per heavy atom. The average molecular weight is 307 g/mol. The molecule has 20 heavy (non-hydrogen) atoms. The van der Waals surface area contributed by atoms with Crippen molar-refractivity contribution < 1.29 is 24.9 Å². The van der Waals surface area contributed by atoms with Crippen molar-refractivity contribution in [1.29, 1.82) is 0 Å². The molecule has 0 aromatic rings. The molecule has 6 nitrogen and oxygen atoms in total. The van der Waals surface area contributed by atoms with Crippen molar-refractivity contribution >= 4 is 17.0 Å². The van der Waals surface area contributed by atoms with E-state index in [4.69, 9.17) is 4.74 Å². The number of aliphatic hydroxyl groups is 3. The second-order valence-corrected chi connectivity index (χ2v) is 6.15. The third-order valence-corrected chi connectivity index (χ3v) is 4.31. The highest BCUT2D eigenvalue weighted by Gasteiger charge is 2.42. The van der Waals surface area contributed by atoms with E-state index in [-0.39, 0.29) is 5.24 Å². The molecule has 0 spiro atoms. The van der Waals surface area contributed by atoms with Gasteiger partial charge in [0.15, 0.2) is 0 Å². The molecule has 1 aliphatic heterocycles. The van der Waals surface area contributed by atoms with Crippen molar-refractivity contribution in [2.45, 2.75) is 69.4 Å². The fourth-order valence-corrected chi connectivity index (χ4v) is 2.93.